The zero-order valence-corrected chi connectivity index (χ0v) is 5.95. The summed E-state index contributed by atoms with van der Waals surface area (Å²) in [6, 6.07) is 0. The topological polar surface area (TPSA) is 104 Å². The monoisotopic (exact) mass is 176 g/mol. The first kappa shape index (κ1) is 9.11. The summed E-state index contributed by atoms with van der Waals surface area (Å²) in [6.07, 6.45) is -6.05. The van der Waals surface area contributed by atoms with E-state index in [1.54, 1.807) is 0 Å². The number of ether oxygens (including phenoxy) is 1. The van der Waals surface area contributed by atoms with E-state index >= 15 is 0 Å². The summed E-state index contributed by atoms with van der Waals surface area (Å²) in [7, 11) is 0. The Kier molecular flexibility index (Phi) is 2.41. The molecule has 0 amide bonds. The van der Waals surface area contributed by atoms with Gasteiger partial charge in [-0.3, -0.25) is 0 Å². The van der Waals surface area contributed by atoms with Gasteiger partial charge in [0, 0.05) is 0 Å². The number of hydrogen-bond donors (Lipinski definition) is 3. The van der Waals surface area contributed by atoms with Gasteiger partial charge in [0.05, 0.1) is 0 Å². The number of cyclic esters (lactones) is 1. The number of esters is 1. The van der Waals surface area contributed by atoms with Gasteiger partial charge in [-0.2, -0.15) is 0 Å². The maximum Gasteiger partial charge on any atom is 0.338 e. The molecule has 0 bridgehead atoms. The van der Waals surface area contributed by atoms with Crippen LogP contribution in [-0.4, -0.2) is 52.0 Å². The van der Waals surface area contributed by atoms with Crippen LogP contribution < -0.4 is 0 Å². The molecule has 0 unspecified atom stereocenters. The molecule has 6 heteroatoms. The zero-order chi connectivity index (χ0) is 9.30. The van der Waals surface area contributed by atoms with Gasteiger partial charge < -0.3 is 24.9 Å². The van der Waals surface area contributed by atoms with Gasteiger partial charge in [-0.15, -0.1) is 0 Å². The van der Waals surface area contributed by atoms with Crippen molar-refractivity contribution in [2.75, 3.05) is 0 Å². The largest absolute Gasteiger partial charge is 0.454 e. The van der Waals surface area contributed by atoms with Crippen LogP contribution in [0.4, 0.5) is 0 Å². The van der Waals surface area contributed by atoms with E-state index in [4.69, 9.17) is 15.3 Å². The second-order valence-electron chi connectivity index (χ2n) is 2.46. The first-order valence-corrected chi connectivity index (χ1v) is 3.28. The van der Waals surface area contributed by atoms with Crippen molar-refractivity contribution in [1.29, 1.82) is 0 Å². The summed E-state index contributed by atoms with van der Waals surface area (Å²) in [6.45, 7) is 0. The summed E-state index contributed by atoms with van der Waals surface area (Å²) < 4.78 is 4.32. The first-order valence-electron chi connectivity index (χ1n) is 3.28. The number of carbonyl (C=O) groups excluding carboxylic acids is 2. The Hall–Kier alpha value is -0.980. The number of aldehydes is 1. The lowest BCUT2D eigenvalue weighted by Gasteiger charge is -2.14. The average molecular weight is 176 g/mol. The number of aliphatic hydroxyl groups excluding tert-OH is 3. The van der Waals surface area contributed by atoms with Crippen molar-refractivity contribution in [3.05, 3.63) is 0 Å². The molecule has 0 spiro atoms. The molecule has 1 aliphatic rings. The zero-order valence-electron chi connectivity index (χ0n) is 5.95. The smallest absolute Gasteiger partial charge is 0.338 e. The highest BCUT2D eigenvalue weighted by Gasteiger charge is 2.46. The lowest BCUT2D eigenvalue weighted by molar-refractivity contribution is -0.151. The van der Waals surface area contributed by atoms with Gasteiger partial charge in [0.25, 0.3) is 0 Å². The fourth-order valence-electron chi connectivity index (χ4n) is 0.942. The van der Waals surface area contributed by atoms with E-state index in [0.29, 0.717) is 0 Å². The summed E-state index contributed by atoms with van der Waals surface area (Å²) in [5, 5.41) is 26.7. The van der Waals surface area contributed by atoms with E-state index in [1.165, 1.54) is 0 Å². The van der Waals surface area contributed by atoms with Gasteiger partial charge in [-0.25, -0.2) is 4.79 Å². The van der Waals surface area contributed by atoms with Crippen molar-refractivity contribution in [2.45, 2.75) is 24.4 Å². The van der Waals surface area contributed by atoms with Crippen LogP contribution in [0.25, 0.3) is 0 Å². The molecule has 0 aromatic heterocycles. The molecule has 0 aromatic rings. The molecule has 1 rings (SSSR count). The third-order valence-corrected chi connectivity index (χ3v) is 1.63. The SMILES string of the molecule is O=C[C@H](O)[C@H]1OC(=O)[C@@H](O)[C@H]1O. The highest BCUT2D eigenvalue weighted by Crippen LogP contribution is 2.17. The predicted molar refractivity (Wildman–Crippen MR) is 34.0 cm³/mol. The van der Waals surface area contributed by atoms with Crippen LogP contribution in [0, 0.1) is 0 Å². The average Bonchev–Trinajstić information content (AvgIpc) is 2.32. The maximum atomic E-state index is 10.6. The van der Waals surface area contributed by atoms with Crippen molar-refractivity contribution in [3.63, 3.8) is 0 Å². The number of aliphatic hydroxyl groups is 3. The molecule has 1 saturated heterocycles. The molecule has 1 aliphatic heterocycles. The van der Waals surface area contributed by atoms with Gasteiger partial charge in [0.2, 0.25) is 0 Å². The predicted octanol–water partition coefficient (Wildman–Crippen LogP) is -2.81. The van der Waals surface area contributed by atoms with Crippen molar-refractivity contribution in [1.82, 2.24) is 0 Å². The quantitative estimate of drug-likeness (QED) is 0.310. The standard InChI is InChI=1S/C6H8O6/c7-1-2(8)5-3(9)4(10)6(11)12-5/h1-5,8-10H/t2-,3+,4-,5+/m0/s1. The van der Waals surface area contributed by atoms with Crippen LogP contribution in [0.15, 0.2) is 0 Å². The van der Waals surface area contributed by atoms with Crippen molar-refractivity contribution >= 4 is 12.3 Å². The molecule has 0 saturated carbocycles. The van der Waals surface area contributed by atoms with Crippen LogP contribution >= 0.6 is 0 Å². The molecule has 68 valence electrons. The molecule has 0 radical (unpaired) electrons. The number of hydrogen-bond acceptors (Lipinski definition) is 6. The third-order valence-electron chi connectivity index (χ3n) is 1.63. The summed E-state index contributed by atoms with van der Waals surface area (Å²) >= 11 is 0. The molecule has 6 nitrogen and oxygen atoms in total. The fourth-order valence-corrected chi connectivity index (χ4v) is 0.942. The van der Waals surface area contributed by atoms with Crippen LogP contribution in [-0.2, 0) is 14.3 Å². The van der Waals surface area contributed by atoms with Gasteiger partial charge in [0.15, 0.2) is 18.5 Å². The van der Waals surface area contributed by atoms with Gasteiger partial charge in [-0.05, 0) is 0 Å². The summed E-state index contributed by atoms with van der Waals surface area (Å²) in [5.74, 6) is -1.03. The van der Waals surface area contributed by atoms with E-state index in [2.05, 4.69) is 4.74 Å². The van der Waals surface area contributed by atoms with E-state index < -0.39 is 30.4 Å². The van der Waals surface area contributed by atoms with Gasteiger partial charge >= 0.3 is 5.97 Å². The molecular weight excluding hydrogens is 168 g/mol. The van der Waals surface area contributed by atoms with E-state index in [1.807, 2.05) is 0 Å². The Morgan fingerprint density at radius 2 is 2.08 bits per heavy atom. The molecule has 0 aliphatic carbocycles. The number of carbonyl (C=O) groups is 2. The Labute approximate surface area is 67.4 Å². The Bertz CT molecular complexity index is 202. The summed E-state index contributed by atoms with van der Waals surface area (Å²) in [5.41, 5.74) is 0. The normalized spacial score (nSPS) is 37.6. The number of rotatable bonds is 2. The van der Waals surface area contributed by atoms with Crippen LogP contribution in [0.2, 0.25) is 0 Å². The van der Waals surface area contributed by atoms with Crippen LogP contribution in [0.1, 0.15) is 0 Å². The molecule has 0 aromatic carbocycles. The molecule has 4 atom stereocenters. The Balaban J connectivity index is 2.70. The lowest BCUT2D eigenvalue weighted by Crippen LogP contribution is -2.39. The van der Waals surface area contributed by atoms with E-state index in [-0.39, 0.29) is 6.29 Å². The van der Waals surface area contributed by atoms with E-state index in [0.717, 1.165) is 0 Å². The minimum Gasteiger partial charge on any atom is -0.454 e. The maximum absolute atomic E-state index is 10.6. The Morgan fingerprint density at radius 3 is 2.42 bits per heavy atom. The highest BCUT2D eigenvalue weighted by molar-refractivity contribution is 5.78. The van der Waals surface area contributed by atoms with E-state index in [9.17, 15) is 9.59 Å². The highest BCUT2D eigenvalue weighted by atomic mass is 16.6. The van der Waals surface area contributed by atoms with Gasteiger partial charge in [0.1, 0.15) is 12.2 Å². The molecule has 3 N–H and O–H groups in total. The second-order valence-corrected chi connectivity index (χ2v) is 2.46. The van der Waals surface area contributed by atoms with Crippen LogP contribution in [0.3, 0.4) is 0 Å². The molecular formula is C6H8O6. The molecule has 1 heterocycles. The second kappa shape index (κ2) is 3.18. The van der Waals surface area contributed by atoms with Crippen molar-refractivity contribution in [3.8, 4) is 0 Å². The lowest BCUT2D eigenvalue weighted by atomic mass is 10.1. The molecule has 1 fully saturated rings. The Morgan fingerprint density at radius 1 is 1.50 bits per heavy atom. The third kappa shape index (κ3) is 1.31. The minimum atomic E-state index is -1.68. The van der Waals surface area contributed by atoms with Crippen molar-refractivity contribution in [2.24, 2.45) is 0 Å². The summed E-state index contributed by atoms with van der Waals surface area (Å²) in [4.78, 5) is 20.6. The van der Waals surface area contributed by atoms with Gasteiger partial charge in [-0.1, -0.05) is 0 Å². The fraction of sp³-hybridized carbons (Fsp3) is 0.667. The first-order chi connectivity index (χ1) is 5.57. The van der Waals surface area contributed by atoms with Crippen LogP contribution in [0.5, 0.6) is 0 Å². The molecule has 12 heavy (non-hydrogen) atoms. The van der Waals surface area contributed by atoms with Crippen molar-refractivity contribution < 1.29 is 29.6 Å². The minimum absolute atomic E-state index is 0.124.